The number of ether oxygens (including phenoxy) is 5. The Hall–Kier alpha value is -3.78. The molecule has 0 unspecified atom stereocenters. The number of pyridine rings is 1. The van der Waals surface area contributed by atoms with E-state index in [2.05, 4.69) is 11.1 Å². The standard InChI is InChI=1S/C27H28N2O6/c1-31-21-9-10-24-23(14-21)20(11-12-28-24)16-32-13-5-8-22-15-29(27(30)34-22)26-18-33-17-25(35-26)19-6-3-2-4-7-19/h2-3,6,9-12,14,17-18,22H,4-5,7-8,13,15-16H2,1H3/t22-/m1/s1. The molecule has 1 aromatic carbocycles. The second kappa shape index (κ2) is 10.7. The van der Waals surface area contributed by atoms with Gasteiger partial charge in [0.1, 0.15) is 18.1 Å². The van der Waals surface area contributed by atoms with Gasteiger partial charge < -0.3 is 23.7 Å². The number of cyclic esters (lactones) is 1. The van der Waals surface area contributed by atoms with Gasteiger partial charge in [-0.3, -0.25) is 4.98 Å². The Balaban J connectivity index is 1.09. The van der Waals surface area contributed by atoms with Crippen molar-refractivity contribution < 1.29 is 28.5 Å². The molecule has 1 atom stereocenters. The van der Waals surface area contributed by atoms with Crippen molar-refractivity contribution in [3.63, 3.8) is 0 Å². The predicted octanol–water partition coefficient (Wildman–Crippen LogP) is 5.32. The fourth-order valence-corrected chi connectivity index (χ4v) is 4.26. The quantitative estimate of drug-likeness (QED) is 0.453. The summed E-state index contributed by atoms with van der Waals surface area (Å²) in [4.78, 5) is 18.3. The van der Waals surface area contributed by atoms with E-state index in [0.29, 0.717) is 37.8 Å². The molecule has 1 amide bonds. The van der Waals surface area contributed by atoms with Gasteiger partial charge in [0, 0.05) is 18.2 Å². The van der Waals surface area contributed by atoms with Crippen LogP contribution in [0.3, 0.4) is 0 Å². The minimum atomic E-state index is -0.429. The first-order chi connectivity index (χ1) is 17.2. The molecule has 0 spiro atoms. The van der Waals surface area contributed by atoms with Gasteiger partial charge in [0.15, 0.2) is 12.0 Å². The van der Waals surface area contributed by atoms with Crippen molar-refractivity contribution in [1.29, 1.82) is 0 Å². The summed E-state index contributed by atoms with van der Waals surface area (Å²) in [6.45, 7) is 1.44. The maximum atomic E-state index is 12.5. The normalized spacial score (nSPS) is 19.5. The Morgan fingerprint density at radius 1 is 1.23 bits per heavy atom. The molecule has 2 aromatic rings. The number of hydrogen-bond donors (Lipinski definition) is 0. The van der Waals surface area contributed by atoms with Gasteiger partial charge in [-0.05, 0) is 61.1 Å². The van der Waals surface area contributed by atoms with Crippen LogP contribution in [0.15, 0.2) is 78.4 Å². The van der Waals surface area contributed by atoms with E-state index in [4.69, 9.17) is 23.7 Å². The molecular formula is C27H28N2O6. The Morgan fingerprint density at radius 2 is 2.17 bits per heavy atom. The van der Waals surface area contributed by atoms with Crippen molar-refractivity contribution >= 4 is 17.0 Å². The second-order valence-corrected chi connectivity index (χ2v) is 8.50. The fourth-order valence-electron chi connectivity index (χ4n) is 4.26. The topological polar surface area (TPSA) is 79.4 Å². The largest absolute Gasteiger partial charge is 0.497 e. The number of aromatic nitrogens is 1. The Bertz CT molecular complexity index is 1220. The second-order valence-electron chi connectivity index (χ2n) is 8.50. The van der Waals surface area contributed by atoms with Crippen LogP contribution in [-0.2, 0) is 25.6 Å². The molecular weight excluding hydrogens is 448 g/mol. The van der Waals surface area contributed by atoms with Crippen molar-refractivity contribution in [2.24, 2.45) is 0 Å². The molecule has 0 N–H and O–H groups in total. The third-order valence-electron chi connectivity index (χ3n) is 6.14. The van der Waals surface area contributed by atoms with Crippen molar-refractivity contribution in [3.05, 3.63) is 84.0 Å². The number of rotatable bonds is 9. The van der Waals surface area contributed by atoms with Crippen LogP contribution in [0.5, 0.6) is 5.75 Å². The highest BCUT2D eigenvalue weighted by molar-refractivity contribution is 5.83. The van der Waals surface area contributed by atoms with E-state index in [9.17, 15) is 4.79 Å². The Morgan fingerprint density at radius 3 is 3.03 bits per heavy atom. The summed E-state index contributed by atoms with van der Waals surface area (Å²) in [5.41, 5.74) is 3.00. The number of methoxy groups -OCH3 is 1. The van der Waals surface area contributed by atoms with E-state index in [0.717, 1.165) is 47.1 Å². The zero-order valence-corrected chi connectivity index (χ0v) is 19.6. The summed E-state index contributed by atoms with van der Waals surface area (Å²) in [7, 11) is 1.65. The van der Waals surface area contributed by atoms with E-state index in [-0.39, 0.29) is 6.10 Å². The lowest BCUT2D eigenvalue weighted by molar-refractivity contribution is 0.0962. The predicted molar refractivity (Wildman–Crippen MR) is 129 cm³/mol. The molecule has 1 aromatic heterocycles. The first-order valence-corrected chi connectivity index (χ1v) is 11.8. The van der Waals surface area contributed by atoms with Gasteiger partial charge in [-0.2, -0.15) is 0 Å². The first-order valence-electron chi connectivity index (χ1n) is 11.8. The monoisotopic (exact) mass is 476 g/mol. The molecule has 0 bridgehead atoms. The highest BCUT2D eigenvalue weighted by atomic mass is 16.6. The summed E-state index contributed by atoms with van der Waals surface area (Å²) in [5.74, 6) is 1.76. The van der Waals surface area contributed by atoms with Crippen LogP contribution in [-0.4, -0.2) is 42.3 Å². The van der Waals surface area contributed by atoms with Crippen LogP contribution in [0.4, 0.5) is 4.79 Å². The molecule has 0 saturated carbocycles. The Labute approximate surface area is 204 Å². The van der Waals surface area contributed by atoms with Crippen LogP contribution < -0.4 is 4.74 Å². The average molecular weight is 477 g/mol. The summed E-state index contributed by atoms with van der Waals surface area (Å²) in [6.07, 6.45) is 13.5. The van der Waals surface area contributed by atoms with Gasteiger partial charge in [-0.15, -0.1) is 0 Å². The SMILES string of the molecule is COc1ccc2nccc(COCCC[C@@H]3CN(C4=COC=C(C5=CC=CCC5)O4)C(=O)O3)c2c1. The number of allylic oxidation sites excluding steroid dienone is 4. The maximum absolute atomic E-state index is 12.5. The van der Waals surface area contributed by atoms with Crippen LogP contribution in [0, 0.1) is 0 Å². The molecule has 3 heterocycles. The average Bonchev–Trinajstić information content (AvgIpc) is 3.29. The molecule has 1 saturated heterocycles. The molecule has 1 aliphatic carbocycles. The van der Waals surface area contributed by atoms with Gasteiger partial charge in [-0.25, -0.2) is 9.69 Å². The maximum Gasteiger partial charge on any atom is 0.417 e. The smallest absolute Gasteiger partial charge is 0.417 e. The van der Waals surface area contributed by atoms with Crippen LogP contribution >= 0.6 is 0 Å². The molecule has 8 nitrogen and oxygen atoms in total. The molecule has 5 rings (SSSR count). The van der Waals surface area contributed by atoms with E-state index < -0.39 is 6.09 Å². The highest BCUT2D eigenvalue weighted by Gasteiger charge is 2.36. The van der Waals surface area contributed by atoms with Gasteiger partial charge in [0.25, 0.3) is 0 Å². The highest BCUT2D eigenvalue weighted by Crippen LogP contribution is 2.30. The molecule has 2 aliphatic heterocycles. The van der Waals surface area contributed by atoms with Crippen LogP contribution in [0.25, 0.3) is 10.9 Å². The number of nitrogens with zero attached hydrogens (tertiary/aromatic N) is 2. The Kier molecular flexibility index (Phi) is 6.99. The minimum Gasteiger partial charge on any atom is -0.497 e. The van der Waals surface area contributed by atoms with Crippen molar-refractivity contribution in [2.75, 3.05) is 20.3 Å². The molecule has 182 valence electrons. The van der Waals surface area contributed by atoms with E-state index in [1.54, 1.807) is 19.6 Å². The van der Waals surface area contributed by atoms with Gasteiger partial charge in [-0.1, -0.05) is 18.2 Å². The lowest BCUT2D eigenvalue weighted by Crippen LogP contribution is -2.27. The number of hydrogen-bond acceptors (Lipinski definition) is 7. The number of benzene rings is 1. The number of fused-ring (bicyclic) bond motifs is 1. The van der Waals surface area contributed by atoms with Crippen molar-refractivity contribution in [2.45, 2.75) is 38.4 Å². The number of carbonyl (C=O) groups is 1. The van der Waals surface area contributed by atoms with Gasteiger partial charge in [0.2, 0.25) is 5.88 Å². The zero-order chi connectivity index (χ0) is 24.0. The molecule has 1 fully saturated rings. The van der Waals surface area contributed by atoms with Crippen molar-refractivity contribution in [1.82, 2.24) is 9.88 Å². The van der Waals surface area contributed by atoms with Gasteiger partial charge in [0.05, 0.1) is 25.8 Å². The molecule has 8 heteroatoms. The first kappa shape index (κ1) is 23.0. The minimum absolute atomic E-state index is 0.229. The van der Waals surface area contributed by atoms with Crippen molar-refractivity contribution in [3.8, 4) is 5.75 Å². The number of amides is 1. The van der Waals surface area contributed by atoms with Crippen LogP contribution in [0.1, 0.15) is 31.2 Å². The zero-order valence-electron chi connectivity index (χ0n) is 19.6. The summed E-state index contributed by atoms with van der Waals surface area (Å²) >= 11 is 0. The van der Waals surface area contributed by atoms with Gasteiger partial charge >= 0.3 is 6.09 Å². The lowest BCUT2D eigenvalue weighted by Gasteiger charge is -2.23. The van der Waals surface area contributed by atoms with E-state index in [1.165, 1.54) is 11.2 Å². The van der Waals surface area contributed by atoms with E-state index >= 15 is 0 Å². The summed E-state index contributed by atoms with van der Waals surface area (Å²) < 4.78 is 28.2. The number of carbonyl (C=O) groups excluding carboxylic acids is 1. The third kappa shape index (κ3) is 5.33. The molecule has 35 heavy (non-hydrogen) atoms. The summed E-state index contributed by atoms with van der Waals surface area (Å²) in [6, 6.07) is 7.77. The summed E-state index contributed by atoms with van der Waals surface area (Å²) in [5, 5.41) is 1.02. The third-order valence-corrected chi connectivity index (χ3v) is 6.14. The van der Waals surface area contributed by atoms with E-state index in [1.807, 2.05) is 36.4 Å². The fraction of sp³-hybridized carbons (Fsp3) is 0.333. The molecule has 3 aliphatic rings. The lowest BCUT2D eigenvalue weighted by atomic mass is 10.0. The molecule has 0 radical (unpaired) electrons. The van der Waals surface area contributed by atoms with Crippen LogP contribution in [0.2, 0.25) is 0 Å².